The Bertz CT molecular complexity index is 554. The van der Waals surface area contributed by atoms with Crippen LogP contribution in [0.2, 0.25) is 0 Å². The van der Waals surface area contributed by atoms with Gasteiger partial charge in [0.25, 0.3) is 5.91 Å². The molecule has 2 saturated heterocycles. The number of likely N-dealkylation sites (tertiary alicyclic amines) is 1. The summed E-state index contributed by atoms with van der Waals surface area (Å²) in [5, 5.41) is 13.9. The molecular formula is C16H26N4O3. The van der Waals surface area contributed by atoms with Crippen molar-refractivity contribution >= 4 is 5.91 Å². The highest BCUT2D eigenvalue weighted by atomic mass is 16.5. The number of morpholine rings is 1. The van der Waals surface area contributed by atoms with Crippen molar-refractivity contribution in [3.63, 3.8) is 0 Å². The van der Waals surface area contributed by atoms with E-state index >= 15 is 0 Å². The Morgan fingerprint density at radius 2 is 2.04 bits per heavy atom. The van der Waals surface area contributed by atoms with Gasteiger partial charge in [-0.1, -0.05) is 0 Å². The lowest BCUT2D eigenvalue weighted by Crippen LogP contribution is -2.41. The molecular weight excluding hydrogens is 296 g/mol. The molecule has 2 aliphatic rings. The summed E-state index contributed by atoms with van der Waals surface area (Å²) in [6, 6.07) is 1.82. The van der Waals surface area contributed by atoms with E-state index < -0.39 is 0 Å². The molecule has 0 spiro atoms. The normalized spacial score (nSPS) is 26.0. The van der Waals surface area contributed by atoms with Crippen molar-refractivity contribution < 1.29 is 14.6 Å². The van der Waals surface area contributed by atoms with Crippen LogP contribution in [0.5, 0.6) is 0 Å². The zero-order valence-corrected chi connectivity index (χ0v) is 13.9. The number of carbonyl (C=O) groups is 1. The highest BCUT2D eigenvalue weighted by Crippen LogP contribution is 2.26. The van der Waals surface area contributed by atoms with Gasteiger partial charge in [0, 0.05) is 52.3 Å². The topological polar surface area (TPSA) is 70.8 Å². The summed E-state index contributed by atoms with van der Waals surface area (Å²) in [6.07, 6.45) is 0. The summed E-state index contributed by atoms with van der Waals surface area (Å²) in [7, 11) is 1.80. The Labute approximate surface area is 136 Å². The molecule has 2 aliphatic heterocycles. The molecule has 2 atom stereocenters. The minimum atomic E-state index is 0.0102. The molecule has 7 heteroatoms. The largest absolute Gasteiger partial charge is 0.396 e. The van der Waals surface area contributed by atoms with Crippen LogP contribution in [0.1, 0.15) is 16.2 Å². The lowest BCUT2D eigenvalue weighted by atomic mass is 9.96. The predicted octanol–water partition coefficient (Wildman–Crippen LogP) is -0.259. The molecule has 0 aromatic carbocycles. The third kappa shape index (κ3) is 3.57. The molecule has 1 N–H and O–H groups in total. The fourth-order valence-electron chi connectivity index (χ4n) is 3.61. The number of hydrogen-bond acceptors (Lipinski definition) is 5. The van der Waals surface area contributed by atoms with Gasteiger partial charge in [-0.3, -0.25) is 14.4 Å². The summed E-state index contributed by atoms with van der Waals surface area (Å²) >= 11 is 0. The third-order valence-electron chi connectivity index (χ3n) is 4.92. The van der Waals surface area contributed by atoms with Gasteiger partial charge in [-0.25, -0.2) is 0 Å². The highest BCUT2D eigenvalue weighted by Gasteiger charge is 2.37. The van der Waals surface area contributed by atoms with E-state index in [9.17, 15) is 9.90 Å². The zero-order chi connectivity index (χ0) is 16.4. The number of ether oxygens (including phenoxy) is 1. The lowest BCUT2D eigenvalue weighted by Gasteiger charge is -2.30. The van der Waals surface area contributed by atoms with Crippen molar-refractivity contribution in [3.05, 3.63) is 17.5 Å². The van der Waals surface area contributed by atoms with Gasteiger partial charge in [0.1, 0.15) is 5.69 Å². The fraction of sp³-hybridized carbons (Fsp3) is 0.750. The number of aromatic nitrogens is 2. The molecule has 0 unspecified atom stereocenters. The SMILES string of the molecule is Cc1cc(C(=O)N2C[C@@H](CN3CCOCC3)[C@@H](CO)C2)n(C)n1. The van der Waals surface area contributed by atoms with Crippen LogP contribution >= 0.6 is 0 Å². The Kier molecular flexibility index (Phi) is 4.99. The summed E-state index contributed by atoms with van der Waals surface area (Å²) in [5.41, 5.74) is 1.46. The number of aryl methyl sites for hydroxylation is 2. The standard InChI is InChI=1S/C16H26N4O3/c1-12-7-15(18(2)17-12)16(22)20-9-13(14(10-20)11-21)8-19-3-5-23-6-4-19/h7,13-14,21H,3-6,8-11H2,1-2H3/t13-,14-/m1/s1. The molecule has 0 saturated carbocycles. The first-order valence-electron chi connectivity index (χ1n) is 8.29. The maximum absolute atomic E-state index is 12.7. The van der Waals surface area contributed by atoms with Gasteiger partial charge in [-0.2, -0.15) is 5.10 Å². The number of rotatable bonds is 4. The number of aliphatic hydroxyl groups is 1. The molecule has 2 fully saturated rings. The molecule has 1 aromatic rings. The van der Waals surface area contributed by atoms with Gasteiger partial charge in [-0.05, 0) is 18.9 Å². The zero-order valence-electron chi connectivity index (χ0n) is 13.9. The van der Waals surface area contributed by atoms with Gasteiger partial charge in [-0.15, -0.1) is 0 Å². The van der Waals surface area contributed by atoms with E-state index in [4.69, 9.17) is 4.74 Å². The molecule has 1 amide bonds. The summed E-state index contributed by atoms with van der Waals surface area (Å²) in [6.45, 7) is 7.67. The van der Waals surface area contributed by atoms with Gasteiger partial charge in [0.15, 0.2) is 0 Å². The Hall–Kier alpha value is -1.44. The second-order valence-corrected chi connectivity index (χ2v) is 6.62. The second kappa shape index (κ2) is 6.98. The molecule has 0 aliphatic carbocycles. The van der Waals surface area contributed by atoms with Gasteiger partial charge in [0.05, 0.1) is 18.9 Å². The number of hydrogen-bond donors (Lipinski definition) is 1. The predicted molar refractivity (Wildman–Crippen MR) is 85.2 cm³/mol. The van der Waals surface area contributed by atoms with Crippen LogP contribution < -0.4 is 0 Å². The number of nitrogens with zero attached hydrogens (tertiary/aromatic N) is 4. The second-order valence-electron chi connectivity index (χ2n) is 6.62. The third-order valence-corrected chi connectivity index (χ3v) is 4.92. The molecule has 128 valence electrons. The average molecular weight is 322 g/mol. The summed E-state index contributed by atoms with van der Waals surface area (Å²) in [5.74, 6) is 0.475. The molecule has 1 aromatic heterocycles. The van der Waals surface area contributed by atoms with Crippen molar-refractivity contribution in [2.24, 2.45) is 18.9 Å². The van der Waals surface area contributed by atoms with Gasteiger partial charge < -0.3 is 14.7 Å². The van der Waals surface area contributed by atoms with E-state index in [0.717, 1.165) is 38.5 Å². The Morgan fingerprint density at radius 1 is 1.35 bits per heavy atom. The fourth-order valence-corrected chi connectivity index (χ4v) is 3.61. The van der Waals surface area contributed by atoms with Crippen molar-refractivity contribution in [3.8, 4) is 0 Å². The van der Waals surface area contributed by atoms with E-state index in [1.807, 2.05) is 17.9 Å². The van der Waals surface area contributed by atoms with Crippen LogP contribution in [0.3, 0.4) is 0 Å². The monoisotopic (exact) mass is 322 g/mol. The van der Waals surface area contributed by atoms with E-state index in [1.165, 1.54) is 0 Å². The van der Waals surface area contributed by atoms with E-state index in [-0.39, 0.29) is 18.4 Å². The van der Waals surface area contributed by atoms with Crippen molar-refractivity contribution in [1.82, 2.24) is 19.6 Å². The van der Waals surface area contributed by atoms with Crippen molar-refractivity contribution in [2.45, 2.75) is 6.92 Å². The number of aliphatic hydroxyl groups excluding tert-OH is 1. The molecule has 3 heterocycles. The first-order valence-corrected chi connectivity index (χ1v) is 8.29. The molecule has 7 nitrogen and oxygen atoms in total. The molecule has 3 rings (SSSR count). The van der Waals surface area contributed by atoms with E-state index in [0.29, 0.717) is 24.7 Å². The minimum Gasteiger partial charge on any atom is -0.396 e. The van der Waals surface area contributed by atoms with Crippen LogP contribution in [0.25, 0.3) is 0 Å². The Morgan fingerprint density at radius 3 is 2.65 bits per heavy atom. The number of carbonyl (C=O) groups excluding carboxylic acids is 1. The maximum atomic E-state index is 12.7. The molecule has 0 radical (unpaired) electrons. The number of amides is 1. The summed E-state index contributed by atoms with van der Waals surface area (Å²) < 4.78 is 7.02. The minimum absolute atomic E-state index is 0.0102. The molecule has 23 heavy (non-hydrogen) atoms. The first-order chi connectivity index (χ1) is 11.1. The quantitative estimate of drug-likeness (QED) is 0.827. The van der Waals surface area contributed by atoms with Crippen LogP contribution in [-0.2, 0) is 11.8 Å². The van der Waals surface area contributed by atoms with Crippen LogP contribution in [0.4, 0.5) is 0 Å². The Balaban J connectivity index is 1.65. The summed E-state index contributed by atoms with van der Waals surface area (Å²) in [4.78, 5) is 17.0. The lowest BCUT2D eigenvalue weighted by molar-refractivity contribution is 0.0264. The van der Waals surface area contributed by atoms with Crippen LogP contribution in [-0.4, -0.2) is 83.1 Å². The van der Waals surface area contributed by atoms with Crippen molar-refractivity contribution in [1.29, 1.82) is 0 Å². The van der Waals surface area contributed by atoms with E-state index in [2.05, 4.69) is 10.00 Å². The van der Waals surface area contributed by atoms with Gasteiger partial charge >= 0.3 is 0 Å². The van der Waals surface area contributed by atoms with Crippen LogP contribution in [0, 0.1) is 18.8 Å². The molecule has 0 bridgehead atoms. The van der Waals surface area contributed by atoms with Crippen LogP contribution in [0.15, 0.2) is 6.07 Å². The first kappa shape index (κ1) is 16.4. The van der Waals surface area contributed by atoms with E-state index in [1.54, 1.807) is 11.7 Å². The smallest absolute Gasteiger partial charge is 0.272 e. The highest BCUT2D eigenvalue weighted by molar-refractivity contribution is 5.92. The maximum Gasteiger partial charge on any atom is 0.272 e. The average Bonchev–Trinajstić information content (AvgIpc) is 3.10. The van der Waals surface area contributed by atoms with Gasteiger partial charge in [0.2, 0.25) is 0 Å². The van der Waals surface area contributed by atoms with Crippen molar-refractivity contribution in [2.75, 3.05) is 52.5 Å².